The first-order valence-electron chi connectivity index (χ1n) is 7.06. The van der Waals surface area contributed by atoms with Crippen LogP contribution in [0, 0.1) is 0 Å². The Hall–Kier alpha value is -1.22. The van der Waals surface area contributed by atoms with Gasteiger partial charge < -0.3 is 10.1 Å². The molecular weight excluding hydrogens is 305 g/mol. The lowest BCUT2D eigenvalue weighted by atomic mass is 10.2. The fourth-order valence-corrected chi connectivity index (χ4v) is 2.38. The molecule has 0 aliphatic heterocycles. The van der Waals surface area contributed by atoms with E-state index in [1.807, 2.05) is 42.5 Å². The van der Waals surface area contributed by atoms with Crippen molar-refractivity contribution >= 4 is 23.2 Å². The Kier molecular flexibility index (Phi) is 6.37. The average Bonchev–Trinajstić information content (AvgIpc) is 2.48. The quantitative estimate of drug-likeness (QED) is 0.718. The second-order valence-electron chi connectivity index (χ2n) is 4.81. The fourth-order valence-electron chi connectivity index (χ4n) is 2.00. The lowest BCUT2D eigenvalue weighted by Gasteiger charge is -2.13. The second kappa shape index (κ2) is 8.28. The number of hydrogen-bond acceptors (Lipinski definition) is 2. The normalized spacial score (nSPS) is 10.6. The van der Waals surface area contributed by atoms with E-state index in [4.69, 9.17) is 27.9 Å². The smallest absolute Gasteiger partial charge is 0.124 e. The summed E-state index contributed by atoms with van der Waals surface area (Å²) in [5.74, 6) is 0.836. The summed E-state index contributed by atoms with van der Waals surface area (Å²) in [6.07, 6.45) is 1.09. The maximum atomic E-state index is 6.14. The molecule has 0 aromatic heterocycles. The van der Waals surface area contributed by atoms with Crippen LogP contribution in [0.4, 0.5) is 0 Å². The standard InChI is InChI=1S/C17H19Cl2NO/c1-2-9-20-11-14-10-15(18)7-8-17(14)21-12-13-5-3-4-6-16(13)19/h3-8,10,20H,2,9,11-12H2,1H3. The first-order chi connectivity index (χ1) is 10.2. The molecular formula is C17H19Cl2NO. The molecule has 2 aromatic rings. The number of hydrogen-bond donors (Lipinski definition) is 1. The third-order valence-corrected chi connectivity index (χ3v) is 3.71. The van der Waals surface area contributed by atoms with Gasteiger partial charge in [-0.3, -0.25) is 0 Å². The zero-order chi connectivity index (χ0) is 15.1. The topological polar surface area (TPSA) is 21.3 Å². The zero-order valence-corrected chi connectivity index (χ0v) is 13.5. The molecule has 2 nitrogen and oxygen atoms in total. The summed E-state index contributed by atoms with van der Waals surface area (Å²) < 4.78 is 5.91. The number of benzene rings is 2. The molecule has 0 amide bonds. The number of nitrogens with one attached hydrogen (secondary N) is 1. The van der Waals surface area contributed by atoms with E-state index < -0.39 is 0 Å². The highest BCUT2D eigenvalue weighted by atomic mass is 35.5. The van der Waals surface area contributed by atoms with Crippen molar-refractivity contribution in [3.63, 3.8) is 0 Å². The van der Waals surface area contributed by atoms with Gasteiger partial charge in [0.25, 0.3) is 0 Å². The summed E-state index contributed by atoms with van der Waals surface area (Å²) >= 11 is 12.2. The molecule has 2 aromatic carbocycles. The van der Waals surface area contributed by atoms with E-state index in [1.54, 1.807) is 0 Å². The Morgan fingerprint density at radius 2 is 1.86 bits per heavy atom. The van der Waals surface area contributed by atoms with Gasteiger partial charge in [0.05, 0.1) is 0 Å². The minimum absolute atomic E-state index is 0.447. The molecule has 1 N–H and O–H groups in total. The maximum Gasteiger partial charge on any atom is 0.124 e. The summed E-state index contributed by atoms with van der Waals surface area (Å²) in [6, 6.07) is 13.4. The highest BCUT2D eigenvalue weighted by molar-refractivity contribution is 6.31. The van der Waals surface area contributed by atoms with Crippen LogP contribution in [-0.4, -0.2) is 6.54 Å². The fraction of sp³-hybridized carbons (Fsp3) is 0.294. The summed E-state index contributed by atoms with van der Waals surface area (Å²) in [7, 11) is 0. The van der Waals surface area contributed by atoms with E-state index >= 15 is 0 Å². The number of rotatable bonds is 7. The average molecular weight is 324 g/mol. The van der Waals surface area contributed by atoms with Crippen molar-refractivity contribution < 1.29 is 4.74 Å². The van der Waals surface area contributed by atoms with Crippen molar-refractivity contribution in [2.24, 2.45) is 0 Å². The molecule has 21 heavy (non-hydrogen) atoms. The van der Waals surface area contributed by atoms with Gasteiger partial charge in [0.2, 0.25) is 0 Å². The minimum atomic E-state index is 0.447. The molecule has 0 spiro atoms. The van der Waals surface area contributed by atoms with Crippen molar-refractivity contribution in [1.82, 2.24) is 5.32 Å². The van der Waals surface area contributed by atoms with Gasteiger partial charge in [0, 0.05) is 27.7 Å². The van der Waals surface area contributed by atoms with Crippen LogP contribution in [0.1, 0.15) is 24.5 Å². The van der Waals surface area contributed by atoms with Gasteiger partial charge in [-0.2, -0.15) is 0 Å². The van der Waals surface area contributed by atoms with Gasteiger partial charge in [0.15, 0.2) is 0 Å². The van der Waals surface area contributed by atoms with E-state index in [0.717, 1.165) is 41.4 Å². The summed E-state index contributed by atoms with van der Waals surface area (Å²) in [5, 5.41) is 4.80. The van der Waals surface area contributed by atoms with Crippen LogP contribution >= 0.6 is 23.2 Å². The molecule has 0 aliphatic carbocycles. The molecule has 0 aliphatic rings. The lowest BCUT2D eigenvalue weighted by molar-refractivity contribution is 0.302. The third-order valence-electron chi connectivity index (χ3n) is 3.11. The summed E-state index contributed by atoms with van der Waals surface area (Å²) in [4.78, 5) is 0. The Balaban J connectivity index is 2.06. The maximum absolute atomic E-state index is 6.14. The van der Waals surface area contributed by atoms with Crippen molar-refractivity contribution in [2.45, 2.75) is 26.5 Å². The highest BCUT2D eigenvalue weighted by Gasteiger charge is 2.06. The molecule has 0 saturated carbocycles. The Morgan fingerprint density at radius 1 is 1.05 bits per heavy atom. The van der Waals surface area contributed by atoms with Crippen LogP contribution in [0.2, 0.25) is 10.0 Å². The molecule has 0 unspecified atom stereocenters. The number of halogens is 2. The van der Waals surface area contributed by atoms with Gasteiger partial charge in [-0.25, -0.2) is 0 Å². The van der Waals surface area contributed by atoms with Crippen LogP contribution in [0.25, 0.3) is 0 Å². The molecule has 0 atom stereocenters. The van der Waals surface area contributed by atoms with Crippen molar-refractivity contribution in [3.8, 4) is 5.75 Å². The van der Waals surface area contributed by atoms with Crippen molar-refractivity contribution in [1.29, 1.82) is 0 Å². The first kappa shape index (κ1) is 16.2. The summed E-state index contributed by atoms with van der Waals surface area (Å²) in [5.41, 5.74) is 2.03. The lowest BCUT2D eigenvalue weighted by Crippen LogP contribution is -2.14. The highest BCUT2D eigenvalue weighted by Crippen LogP contribution is 2.25. The van der Waals surface area contributed by atoms with Gasteiger partial charge >= 0.3 is 0 Å². The van der Waals surface area contributed by atoms with Crippen molar-refractivity contribution in [2.75, 3.05) is 6.54 Å². The third kappa shape index (κ3) is 4.92. The van der Waals surface area contributed by atoms with Gasteiger partial charge in [-0.05, 0) is 37.2 Å². The SMILES string of the molecule is CCCNCc1cc(Cl)ccc1OCc1ccccc1Cl. The first-order valence-corrected chi connectivity index (χ1v) is 7.81. The Morgan fingerprint density at radius 3 is 2.62 bits per heavy atom. The van der Waals surface area contributed by atoms with E-state index in [9.17, 15) is 0 Å². The molecule has 0 saturated heterocycles. The molecule has 0 bridgehead atoms. The minimum Gasteiger partial charge on any atom is -0.489 e. The van der Waals surface area contributed by atoms with Gasteiger partial charge in [-0.15, -0.1) is 0 Å². The summed E-state index contributed by atoms with van der Waals surface area (Å²) in [6.45, 7) is 4.30. The molecule has 112 valence electrons. The predicted molar refractivity (Wildman–Crippen MR) is 89.2 cm³/mol. The zero-order valence-electron chi connectivity index (χ0n) is 12.0. The molecule has 0 radical (unpaired) electrons. The molecule has 4 heteroatoms. The van der Waals surface area contributed by atoms with Gasteiger partial charge in [0.1, 0.15) is 12.4 Å². The van der Waals surface area contributed by atoms with E-state index in [2.05, 4.69) is 12.2 Å². The Bertz CT molecular complexity index is 587. The van der Waals surface area contributed by atoms with E-state index in [0.29, 0.717) is 11.6 Å². The largest absolute Gasteiger partial charge is 0.489 e. The van der Waals surface area contributed by atoms with E-state index in [1.165, 1.54) is 0 Å². The van der Waals surface area contributed by atoms with E-state index in [-0.39, 0.29) is 0 Å². The van der Waals surface area contributed by atoms with Gasteiger partial charge in [-0.1, -0.05) is 48.3 Å². The molecule has 2 rings (SSSR count). The predicted octanol–water partition coefficient (Wildman–Crippen LogP) is 5.07. The Labute approximate surface area is 136 Å². The van der Waals surface area contributed by atoms with Crippen LogP contribution in [0.15, 0.2) is 42.5 Å². The van der Waals surface area contributed by atoms with Crippen molar-refractivity contribution in [3.05, 3.63) is 63.6 Å². The second-order valence-corrected chi connectivity index (χ2v) is 5.65. The number of ether oxygens (including phenoxy) is 1. The molecule has 0 fully saturated rings. The van der Waals surface area contributed by atoms with Crippen LogP contribution in [-0.2, 0) is 13.2 Å². The molecule has 0 heterocycles. The van der Waals surface area contributed by atoms with Crippen LogP contribution < -0.4 is 10.1 Å². The van der Waals surface area contributed by atoms with Crippen LogP contribution in [0.3, 0.4) is 0 Å². The monoisotopic (exact) mass is 323 g/mol. The van der Waals surface area contributed by atoms with Crippen LogP contribution in [0.5, 0.6) is 5.75 Å².